The minimum atomic E-state index is -0.512. The first-order chi connectivity index (χ1) is 11.0. The van der Waals surface area contributed by atoms with Gasteiger partial charge in [0, 0.05) is 24.0 Å². The molecular weight excluding hydrogens is 341 g/mol. The first-order valence-corrected chi connectivity index (χ1v) is 7.47. The molecular formula is C14H15Cl2N5O2. The molecule has 0 aliphatic rings. The topological polar surface area (TPSA) is 99.2 Å². The van der Waals surface area contributed by atoms with Gasteiger partial charge in [0.2, 0.25) is 5.95 Å². The number of aliphatic hydroxyl groups is 1. The summed E-state index contributed by atoms with van der Waals surface area (Å²) in [5.74, 6) is 0.652. The smallest absolute Gasteiger partial charge is 0.326 e. The molecule has 7 nitrogen and oxygen atoms in total. The number of urea groups is 1. The van der Waals surface area contributed by atoms with Crippen LogP contribution in [0.25, 0.3) is 0 Å². The van der Waals surface area contributed by atoms with E-state index in [-0.39, 0.29) is 12.6 Å². The average Bonchev–Trinajstić information content (AvgIpc) is 2.48. The van der Waals surface area contributed by atoms with Gasteiger partial charge in [0.05, 0.1) is 16.7 Å². The number of aliphatic hydroxyl groups excluding tert-OH is 1. The predicted molar refractivity (Wildman–Crippen MR) is 91.4 cm³/mol. The summed E-state index contributed by atoms with van der Waals surface area (Å²) in [6.45, 7) is 2.10. The lowest BCUT2D eigenvalue weighted by atomic mass is 10.3. The van der Waals surface area contributed by atoms with Crippen LogP contribution in [0.4, 0.5) is 22.2 Å². The number of carbonyl (C=O) groups is 1. The molecule has 0 saturated heterocycles. The second-order valence-electron chi connectivity index (χ2n) is 4.58. The van der Waals surface area contributed by atoms with Gasteiger partial charge in [0.1, 0.15) is 5.82 Å². The molecule has 0 fully saturated rings. The van der Waals surface area contributed by atoms with Gasteiger partial charge in [-0.25, -0.2) is 9.78 Å². The van der Waals surface area contributed by atoms with E-state index in [1.165, 1.54) is 6.07 Å². The summed E-state index contributed by atoms with van der Waals surface area (Å²) < 4.78 is 0. The van der Waals surface area contributed by atoms with Crippen LogP contribution in [0.5, 0.6) is 0 Å². The molecule has 4 N–H and O–H groups in total. The first-order valence-electron chi connectivity index (χ1n) is 6.71. The standard InChI is InChI=1S/C14H15Cl2N5O2/c1-8-6-12(17-4-5-22)20-13(18-8)21-14(23)19-9-2-3-10(15)11(16)7-9/h2-3,6-7,22H,4-5H2,1H3,(H3,17,18,19,20,21,23). The van der Waals surface area contributed by atoms with Crippen molar-refractivity contribution in [3.05, 3.63) is 40.0 Å². The maximum absolute atomic E-state index is 12.0. The summed E-state index contributed by atoms with van der Waals surface area (Å²) in [5.41, 5.74) is 1.16. The number of amides is 2. The van der Waals surface area contributed by atoms with Crippen LogP contribution in [0.1, 0.15) is 5.69 Å². The number of rotatable bonds is 5. The molecule has 0 aliphatic heterocycles. The molecule has 2 rings (SSSR count). The number of anilines is 3. The summed E-state index contributed by atoms with van der Waals surface area (Å²) in [6.07, 6.45) is 0. The van der Waals surface area contributed by atoms with Crippen LogP contribution in [-0.2, 0) is 0 Å². The van der Waals surface area contributed by atoms with Crippen LogP contribution in [0.15, 0.2) is 24.3 Å². The van der Waals surface area contributed by atoms with Crippen LogP contribution in [0.3, 0.4) is 0 Å². The summed E-state index contributed by atoms with van der Waals surface area (Å²) in [6, 6.07) is 5.94. The van der Waals surface area contributed by atoms with E-state index < -0.39 is 6.03 Å². The summed E-state index contributed by atoms with van der Waals surface area (Å²) >= 11 is 11.7. The van der Waals surface area contributed by atoms with Crippen molar-refractivity contribution in [2.24, 2.45) is 0 Å². The Bertz CT molecular complexity index is 712. The fourth-order valence-corrected chi connectivity index (χ4v) is 2.03. The third kappa shape index (κ3) is 5.24. The van der Waals surface area contributed by atoms with E-state index in [1.54, 1.807) is 25.1 Å². The molecule has 0 aliphatic carbocycles. The van der Waals surface area contributed by atoms with Crippen molar-refractivity contribution in [3.63, 3.8) is 0 Å². The van der Waals surface area contributed by atoms with E-state index in [0.717, 1.165) is 0 Å². The van der Waals surface area contributed by atoms with E-state index in [0.29, 0.717) is 33.8 Å². The van der Waals surface area contributed by atoms with Crippen molar-refractivity contribution in [1.82, 2.24) is 9.97 Å². The number of hydrogen-bond acceptors (Lipinski definition) is 5. The number of halogens is 2. The summed E-state index contributed by atoms with van der Waals surface area (Å²) in [7, 11) is 0. The molecule has 0 atom stereocenters. The Hall–Kier alpha value is -2.09. The monoisotopic (exact) mass is 355 g/mol. The van der Waals surface area contributed by atoms with Crippen LogP contribution in [0.2, 0.25) is 10.0 Å². The zero-order chi connectivity index (χ0) is 16.8. The maximum atomic E-state index is 12.0. The Labute approximate surface area is 143 Å². The number of nitrogens with zero attached hydrogens (tertiary/aromatic N) is 2. The molecule has 9 heteroatoms. The molecule has 0 radical (unpaired) electrons. The highest BCUT2D eigenvalue weighted by Crippen LogP contribution is 2.25. The zero-order valence-electron chi connectivity index (χ0n) is 12.2. The zero-order valence-corrected chi connectivity index (χ0v) is 13.7. The quantitative estimate of drug-likeness (QED) is 0.660. The second kappa shape index (κ2) is 7.96. The Kier molecular flexibility index (Phi) is 5.97. The van der Waals surface area contributed by atoms with E-state index in [9.17, 15) is 4.79 Å². The van der Waals surface area contributed by atoms with E-state index in [4.69, 9.17) is 28.3 Å². The minimum Gasteiger partial charge on any atom is -0.395 e. The van der Waals surface area contributed by atoms with Gasteiger partial charge in [0.15, 0.2) is 0 Å². The molecule has 0 unspecified atom stereocenters. The molecule has 1 aromatic carbocycles. The SMILES string of the molecule is Cc1cc(NCCO)nc(NC(=O)Nc2ccc(Cl)c(Cl)c2)n1. The van der Waals surface area contributed by atoms with Gasteiger partial charge in [-0.2, -0.15) is 4.98 Å². The van der Waals surface area contributed by atoms with Crippen LogP contribution in [0, 0.1) is 6.92 Å². The summed E-state index contributed by atoms with van der Waals surface area (Å²) in [5, 5.41) is 17.6. The highest BCUT2D eigenvalue weighted by molar-refractivity contribution is 6.42. The van der Waals surface area contributed by atoms with E-state index >= 15 is 0 Å². The highest BCUT2D eigenvalue weighted by Gasteiger charge is 2.08. The number of nitrogens with one attached hydrogen (secondary N) is 3. The summed E-state index contributed by atoms with van der Waals surface area (Å²) in [4.78, 5) is 20.2. The fourth-order valence-electron chi connectivity index (χ4n) is 1.74. The second-order valence-corrected chi connectivity index (χ2v) is 5.39. The van der Waals surface area contributed by atoms with Crippen molar-refractivity contribution in [2.75, 3.05) is 29.1 Å². The number of carbonyl (C=O) groups excluding carboxylic acids is 1. The van der Waals surface area contributed by atoms with E-state index in [2.05, 4.69) is 25.9 Å². The molecule has 0 saturated carbocycles. The predicted octanol–water partition coefficient (Wildman–Crippen LogP) is 3.14. The van der Waals surface area contributed by atoms with Gasteiger partial charge in [-0.05, 0) is 25.1 Å². The van der Waals surface area contributed by atoms with Crippen LogP contribution >= 0.6 is 23.2 Å². The first kappa shape index (κ1) is 17.3. The van der Waals surface area contributed by atoms with Crippen molar-refractivity contribution in [1.29, 1.82) is 0 Å². The highest BCUT2D eigenvalue weighted by atomic mass is 35.5. The lowest BCUT2D eigenvalue weighted by Crippen LogP contribution is -2.21. The average molecular weight is 356 g/mol. The van der Waals surface area contributed by atoms with Crippen molar-refractivity contribution in [3.8, 4) is 0 Å². The van der Waals surface area contributed by atoms with Gasteiger partial charge in [0.25, 0.3) is 0 Å². The van der Waals surface area contributed by atoms with Gasteiger partial charge in [-0.3, -0.25) is 5.32 Å². The molecule has 2 amide bonds. The Morgan fingerprint density at radius 3 is 2.65 bits per heavy atom. The van der Waals surface area contributed by atoms with E-state index in [1.807, 2.05) is 0 Å². The van der Waals surface area contributed by atoms with Crippen molar-refractivity contribution < 1.29 is 9.90 Å². The third-order valence-corrected chi connectivity index (χ3v) is 3.41. The normalized spacial score (nSPS) is 10.3. The number of hydrogen-bond donors (Lipinski definition) is 4. The molecule has 1 aromatic heterocycles. The van der Waals surface area contributed by atoms with Crippen LogP contribution < -0.4 is 16.0 Å². The molecule has 1 heterocycles. The van der Waals surface area contributed by atoms with Gasteiger partial charge < -0.3 is 15.7 Å². The lowest BCUT2D eigenvalue weighted by molar-refractivity contribution is 0.262. The molecule has 0 spiro atoms. The van der Waals surface area contributed by atoms with Crippen molar-refractivity contribution in [2.45, 2.75) is 6.92 Å². The Morgan fingerprint density at radius 2 is 1.96 bits per heavy atom. The van der Waals surface area contributed by atoms with Gasteiger partial charge in [-0.15, -0.1) is 0 Å². The molecule has 2 aromatic rings. The minimum absolute atomic E-state index is 0.0242. The lowest BCUT2D eigenvalue weighted by Gasteiger charge is -2.10. The Morgan fingerprint density at radius 1 is 1.17 bits per heavy atom. The number of aromatic nitrogens is 2. The maximum Gasteiger partial charge on any atom is 0.326 e. The Balaban J connectivity index is 2.04. The molecule has 23 heavy (non-hydrogen) atoms. The van der Waals surface area contributed by atoms with Crippen LogP contribution in [-0.4, -0.2) is 34.3 Å². The van der Waals surface area contributed by atoms with Gasteiger partial charge >= 0.3 is 6.03 Å². The molecule has 0 bridgehead atoms. The van der Waals surface area contributed by atoms with Gasteiger partial charge in [-0.1, -0.05) is 23.2 Å². The molecule has 122 valence electrons. The number of aryl methyl sites for hydroxylation is 1. The van der Waals surface area contributed by atoms with Crippen molar-refractivity contribution >= 4 is 46.7 Å². The fraction of sp³-hybridized carbons (Fsp3) is 0.214. The number of benzene rings is 1. The largest absolute Gasteiger partial charge is 0.395 e. The third-order valence-electron chi connectivity index (χ3n) is 2.67.